The first kappa shape index (κ1) is 22.9. The van der Waals surface area contributed by atoms with E-state index in [4.69, 9.17) is 5.26 Å². The minimum Gasteiger partial charge on any atom is -0.271 e. The zero-order valence-electron chi connectivity index (χ0n) is 20.5. The van der Waals surface area contributed by atoms with Crippen molar-refractivity contribution < 1.29 is 0 Å². The number of unbranched alkanes of at least 4 members (excludes halogenated alkanes) is 1. The number of hydrogen-bond acceptors (Lipinski definition) is 2. The molecular weight excluding hydrogens is 378 g/mol. The van der Waals surface area contributed by atoms with Crippen molar-refractivity contribution >= 4 is 0 Å². The first-order valence-electron chi connectivity index (χ1n) is 13.4. The minimum absolute atomic E-state index is 0.513. The molecule has 0 amide bonds. The smallest absolute Gasteiger partial charge is 0.102 e. The third-order valence-electron chi connectivity index (χ3n) is 10.1. The molecule has 31 heavy (non-hydrogen) atoms. The summed E-state index contributed by atoms with van der Waals surface area (Å²) in [5.74, 6) is 6.38. The van der Waals surface area contributed by atoms with Crippen LogP contribution in [-0.2, 0) is 6.54 Å². The van der Waals surface area contributed by atoms with Gasteiger partial charge in [-0.25, -0.2) is 0 Å². The Kier molecular flexibility index (Phi) is 7.14. The summed E-state index contributed by atoms with van der Waals surface area (Å²) in [4.78, 5) is 0. The average molecular weight is 424 g/mol. The van der Waals surface area contributed by atoms with Gasteiger partial charge in [0.15, 0.2) is 0 Å². The Morgan fingerprint density at radius 1 is 1.13 bits per heavy atom. The molecule has 6 unspecified atom stereocenters. The summed E-state index contributed by atoms with van der Waals surface area (Å²) in [7, 11) is 0. The van der Waals surface area contributed by atoms with E-state index in [9.17, 15) is 0 Å². The van der Waals surface area contributed by atoms with Gasteiger partial charge >= 0.3 is 0 Å². The lowest BCUT2D eigenvalue weighted by molar-refractivity contribution is -0.0636. The van der Waals surface area contributed by atoms with E-state index in [1.807, 2.05) is 10.9 Å². The van der Waals surface area contributed by atoms with Gasteiger partial charge in [-0.3, -0.25) is 4.68 Å². The fraction of sp³-hybridized carbons (Fsp3) is 0.857. The number of rotatable bonds is 8. The molecule has 3 nitrogen and oxygen atoms in total. The van der Waals surface area contributed by atoms with Gasteiger partial charge in [-0.05, 0) is 85.4 Å². The highest BCUT2D eigenvalue weighted by molar-refractivity contribution is 5.21. The lowest BCUT2D eigenvalue weighted by Gasteiger charge is -2.55. The lowest BCUT2D eigenvalue weighted by atomic mass is 9.50. The summed E-state index contributed by atoms with van der Waals surface area (Å²) in [6.45, 7) is 10.8. The van der Waals surface area contributed by atoms with Crippen LogP contribution in [0.3, 0.4) is 0 Å². The SMILES string of the molecule is CCCCC1CCC2C(CCC3(C)C2CC[C@@H]3[C@H](C)Cn2cc(C#N)cn2)C1CCC. The highest BCUT2D eigenvalue weighted by Gasteiger charge is 2.57. The molecule has 1 aromatic rings. The van der Waals surface area contributed by atoms with Gasteiger partial charge in [0.05, 0.1) is 11.8 Å². The summed E-state index contributed by atoms with van der Waals surface area (Å²) in [6, 6.07) is 2.22. The van der Waals surface area contributed by atoms with Gasteiger partial charge in [0.2, 0.25) is 0 Å². The molecule has 0 spiro atoms. The van der Waals surface area contributed by atoms with E-state index in [0.717, 1.165) is 42.1 Å². The Balaban J connectivity index is 1.47. The Labute approximate surface area is 191 Å². The molecule has 3 fully saturated rings. The molecule has 4 rings (SSSR count). The molecule has 3 saturated carbocycles. The maximum Gasteiger partial charge on any atom is 0.102 e. The number of aromatic nitrogens is 2. The zero-order chi connectivity index (χ0) is 22.0. The van der Waals surface area contributed by atoms with Gasteiger partial charge in [0.1, 0.15) is 6.07 Å². The van der Waals surface area contributed by atoms with E-state index in [-0.39, 0.29) is 0 Å². The lowest BCUT2D eigenvalue weighted by Crippen LogP contribution is -2.48. The quantitative estimate of drug-likeness (QED) is 0.435. The third kappa shape index (κ3) is 4.34. The first-order valence-corrected chi connectivity index (χ1v) is 13.4. The highest BCUT2D eigenvalue weighted by Crippen LogP contribution is 2.65. The maximum absolute atomic E-state index is 9.12. The molecule has 0 radical (unpaired) electrons. The molecule has 172 valence electrons. The van der Waals surface area contributed by atoms with Crippen LogP contribution in [0.5, 0.6) is 0 Å². The van der Waals surface area contributed by atoms with Gasteiger partial charge in [0.25, 0.3) is 0 Å². The van der Waals surface area contributed by atoms with Gasteiger partial charge < -0.3 is 0 Å². The second kappa shape index (κ2) is 9.68. The summed E-state index contributed by atoms with van der Waals surface area (Å²) in [6.07, 6.45) is 19.5. The third-order valence-corrected chi connectivity index (χ3v) is 10.1. The van der Waals surface area contributed by atoms with Crippen molar-refractivity contribution in [3.63, 3.8) is 0 Å². The largest absolute Gasteiger partial charge is 0.271 e. The van der Waals surface area contributed by atoms with Crippen molar-refractivity contribution in [1.82, 2.24) is 9.78 Å². The van der Waals surface area contributed by atoms with Crippen molar-refractivity contribution in [2.24, 2.45) is 46.8 Å². The van der Waals surface area contributed by atoms with Crippen molar-refractivity contribution in [1.29, 1.82) is 5.26 Å². The van der Waals surface area contributed by atoms with Crippen molar-refractivity contribution in [3.05, 3.63) is 18.0 Å². The van der Waals surface area contributed by atoms with E-state index < -0.39 is 0 Å². The molecule has 8 atom stereocenters. The fourth-order valence-corrected chi connectivity index (χ4v) is 8.76. The molecule has 1 heterocycles. The van der Waals surface area contributed by atoms with E-state index in [0.29, 0.717) is 16.9 Å². The van der Waals surface area contributed by atoms with E-state index in [2.05, 4.69) is 38.9 Å². The molecule has 0 aromatic carbocycles. The van der Waals surface area contributed by atoms with Crippen LogP contribution in [0.15, 0.2) is 12.4 Å². The van der Waals surface area contributed by atoms with Crippen LogP contribution in [0.4, 0.5) is 0 Å². The molecule has 3 heteroatoms. The molecule has 3 aliphatic carbocycles. The highest BCUT2D eigenvalue weighted by atomic mass is 15.3. The maximum atomic E-state index is 9.12. The van der Waals surface area contributed by atoms with Crippen LogP contribution < -0.4 is 0 Å². The number of hydrogen-bond donors (Lipinski definition) is 0. The molecule has 3 aliphatic rings. The predicted octanol–water partition coefficient (Wildman–Crippen LogP) is 7.47. The van der Waals surface area contributed by atoms with Crippen LogP contribution in [0.25, 0.3) is 0 Å². The summed E-state index contributed by atoms with van der Waals surface area (Å²) in [5, 5.41) is 13.6. The standard InChI is InChI=1S/C28H45N3/c1-5-7-9-22-10-11-25-24(23(22)8-6-2)14-15-28(4)26(12-13-27(25)28)20(3)18-31-19-21(16-29)17-30-31/h17,19-20,22-27H,5-15,18H2,1-4H3/t20-,22?,23?,24?,25?,26-,27?,28?/m1/s1. The van der Waals surface area contributed by atoms with Gasteiger partial charge in [-0.2, -0.15) is 10.4 Å². The Bertz CT molecular complexity index is 761. The van der Waals surface area contributed by atoms with E-state index >= 15 is 0 Å². The van der Waals surface area contributed by atoms with Crippen LogP contribution in [0.2, 0.25) is 0 Å². The Morgan fingerprint density at radius 2 is 1.97 bits per heavy atom. The van der Waals surface area contributed by atoms with Crippen molar-refractivity contribution in [2.75, 3.05) is 0 Å². The molecule has 1 aromatic heterocycles. The zero-order valence-corrected chi connectivity index (χ0v) is 20.5. The van der Waals surface area contributed by atoms with Gasteiger partial charge in [-0.15, -0.1) is 0 Å². The first-order chi connectivity index (χ1) is 15.0. The van der Waals surface area contributed by atoms with Crippen LogP contribution in [0, 0.1) is 58.2 Å². The normalized spacial score (nSPS) is 38.3. The number of nitrogens with zero attached hydrogens (tertiary/aromatic N) is 3. The average Bonchev–Trinajstić information content (AvgIpc) is 3.36. The summed E-state index contributed by atoms with van der Waals surface area (Å²) >= 11 is 0. The van der Waals surface area contributed by atoms with Gasteiger partial charge in [-0.1, -0.05) is 59.8 Å². The monoisotopic (exact) mass is 423 g/mol. The number of nitriles is 1. The molecule has 0 bridgehead atoms. The second-order valence-electron chi connectivity index (χ2n) is 11.6. The molecule has 0 saturated heterocycles. The van der Waals surface area contributed by atoms with Gasteiger partial charge in [0, 0.05) is 12.7 Å². The summed E-state index contributed by atoms with van der Waals surface area (Å²) < 4.78 is 2.02. The topological polar surface area (TPSA) is 41.6 Å². The van der Waals surface area contributed by atoms with Crippen molar-refractivity contribution in [3.8, 4) is 6.07 Å². The fourth-order valence-electron chi connectivity index (χ4n) is 8.76. The minimum atomic E-state index is 0.513. The Morgan fingerprint density at radius 3 is 2.68 bits per heavy atom. The predicted molar refractivity (Wildman–Crippen MR) is 127 cm³/mol. The van der Waals surface area contributed by atoms with E-state index in [1.165, 1.54) is 70.6 Å². The molecule has 0 aliphatic heterocycles. The second-order valence-corrected chi connectivity index (χ2v) is 11.6. The van der Waals surface area contributed by atoms with Crippen LogP contribution >= 0.6 is 0 Å². The Hall–Kier alpha value is -1.30. The van der Waals surface area contributed by atoms with E-state index in [1.54, 1.807) is 6.20 Å². The van der Waals surface area contributed by atoms with Crippen LogP contribution in [0.1, 0.15) is 104 Å². The van der Waals surface area contributed by atoms with Crippen molar-refractivity contribution in [2.45, 2.75) is 105 Å². The molecule has 0 N–H and O–H groups in total. The number of fused-ring (bicyclic) bond motifs is 3. The molecular formula is C28H45N3. The van der Waals surface area contributed by atoms with Crippen LogP contribution in [-0.4, -0.2) is 9.78 Å². The summed E-state index contributed by atoms with van der Waals surface area (Å²) in [5.41, 5.74) is 1.20.